The first-order valence-electron chi connectivity index (χ1n) is 26.2. The highest BCUT2D eigenvalue weighted by Crippen LogP contribution is 2.41. The summed E-state index contributed by atoms with van der Waals surface area (Å²) in [7, 11) is 0. The van der Waals surface area contributed by atoms with Gasteiger partial charge in [-0.25, -0.2) is 9.59 Å². The number of carbonyl (C=O) groups excluding carboxylic acids is 4. The maximum absolute atomic E-state index is 13.1. The van der Waals surface area contributed by atoms with Crippen LogP contribution in [0.25, 0.3) is 0 Å². The minimum absolute atomic E-state index is 0.00817. The molecular weight excluding hydrogens is 893 g/mol. The van der Waals surface area contributed by atoms with Gasteiger partial charge in [-0.1, -0.05) is 113 Å². The van der Waals surface area contributed by atoms with Crippen LogP contribution in [0.1, 0.15) is 143 Å². The SMILES string of the molecule is CCC[C@H](N[C@@H](C)C(=O)N1[C@H](C(=O)O)C[C@@H]2CCCC[C@@H]21)C(=O)OCC.CCC[C@H](N[C@@H](C)C(=O)N1[C@H](C(=O)O)C[C@@H]2CCCC[C@@H]21)C(=O)OCC.c1ccc(CNCCNCc2ccccc2)cc1. The van der Waals surface area contributed by atoms with Gasteiger partial charge >= 0.3 is 23.9 Å². The molecule has 6 N–H and O–H groups in total. The third-order valence-electron chi connectivity index (χ3n) is 14.0. The van der Waals surface area contributed by atoms with Crippen molar-refractivity contribution in [2.45, 2.75) is 193 Å². The quantitative estimate of drug-likeness (QED) is 0.0522. The van der Waals surface area contributed by atoms with Crippen LogP contribution in [0, 0.1) is 11.8 Å². The molecule has 0 radical (unpaired) electrons. The normalized spacial score (nSPS) is 23.1. The molecule has 2 aliphatic heterocycles. The molecule has 2 aliphatic carbocycles. The molecule has 0 unspecified atom stereocenters. The summed E-state index contributed by atoms with van der Waals surface area (Å²) in [5.74, 6) is -2.49. The van der Waals surface area contributed by atoms with Crippen molar-refractivity contribution in [3.05, 3.63) is 71.8 Å². The Hall–Kier alpha value is -4.90. The van der Waals surface area contributed by atoms with Crippen LogP contribution in [0.2, 0.25) is 0 Å². The van der Waals surface area contributed by atoms with Gasteiger partial charge < -0.3 is 40.1 Å². The van der Waals surface area contributed by atoms with E-state index < -0.39 is 48.2 Å². The summed E-state index contributed by atoms with van der Waals surface area (Å²) in [4.78, 5) is 77.0. The number of rotatable bonds is 23. The molecule has 2 heterocycles. The van der Waals surface area contributed by atoms with Gasteiger partial charge in [0.15, 0.2) is 0 Å². The molecule has 0 aromatic heterocycles. The minimum atomic E-state index is -0.935. The Bertz CT molecular complexity index is 1770. The zero-order valence-electron chi connectivity index (χ0n) is 42.7. The summed E-state index contributed by atoms with van der Waals surface area (Å²) in [6.07, 6.45) is 11.7. The molecule has 10 atom stereocenters. The highest BCUT2D eigenvalue weighted by molar-refractivity contribution is 5.89. The lowest BCUT2D eigenvalue weighted by molar-refractivity contribution is -0.152. The molecule has 6 rings (SSSR count). The fourth-order valence-corrected chi connectivity index (χ4v) is 10.6. The van der Waals surface area contributed by atoms with Crippen molar-refractivity contribution in [3.63, 3.8) is 0 Å². The number of fused-ring (bicyclic) bond motifs is 2. The smallest absolute Gasteiger partial charge is 0.326 e. The van der Waals surface area contributed by atoms with Gasteiger partial charge in [0.2, 0.25) is 11.8 Å². The van der Waals surface area contributed by atoms with Crippen molar-refractivity contribution >= 4 is 35.7 Å². The van der Waals surface area contributed by atoms with E-state index >= 15 is 0 Å². The van der Waals surface area contributed by atoms with Crippen LogP contribution in [-0.2, 0) is 51.3 Å². The van der Waals surface area contributed by atoms with E-state index in [9.17, 15) is 39.0 Å². The van der Waals surface area contributed by atoms with Crippen LogP contribution in [0.4, 0.5) is 0 Å². The van der Waals surface area contributed by atoms with E-state index in [0.29, 0.717) is 38.9 Å². The molecule has 0 spiro atoms. The van der Waals surface area contributed by atoms with Crippen LogP contribution < -0.4 is 21.3 Å². The second-order valence-corrected chi connectivity index (χ2v) is 19.2. The maximum atomic E-state index is 13.1. The van der Waals surface area contributed by atoms with E-state index in [-0.39, 0.29) is 47.7 Å². The molecule has 16 nitrogen and oxygen atoms in total. The number of amides is 2. The molecule has 0 bridgehead atoms. The first-order valence-corrected chi connectivity index (χ1v) is 26.2. The molecule has 390 valence electrons. The Kier molecular flexibility index (Phi) is 25.3. The Morgan fingerprint density at radius 2 is 0.929 bits per heavy atom. The number of esters is 2. The van der Waals surface area contributed by atoms with Gasteiger partial charge in [0.1, 0.15) is 24.2 Å². The number of ether oxygens (including phenoxy) is 2. The van der Waals surface area contributed by atoms with Crippen molar-refractivity contribution in [3.8, 4) is 0 Å². The molecule has 2 aromatic carbocycles. The highest BCUT2D eigenvalue weighted by Gasteiger charge is 2.50. The lowest BCUT2D eigenvalue weighted by Crippen LogP contribution is -2.55. The second-order valence-electron chi connectivity index (χ2n) is 19.2. The fraction of sp³-hybridized carbons (Fsp3) is 0.667. The Balaban J connectivity index is 0.000000233. The van der Waals surface area contributed by atoms with Crippen LogP contribution in [-0.4, -0.2) is 130 Å². The monoisotopic (exact) mass is 977 g/mol. The van der Waals surface area contributed by atoms with Gasteiger partial charge in [0.05, 0.1) is 25.3 Å². The molecule has 4 fully saturated rings. The summed E-state index contributed by atoms with van der Waals surface area (Å²) in [6.45, 7) is 15.3. The predicted molar refractivity (Wildman–Crippen MR) is 269 cm³/mol. The fourth-order valence-electron chi connectivity index (χ4n) is 10.6. The maximum Gasteiger partial charge on any atom is 0.326 e. The molecule has 2 saturated heterocycles. The highest BCUT2D eigenvalue weighted by atomic mass is 16.5. The molecule has 2 saturated carbocycles. The number of carboxylic acid groups (broad SMARTS) is 2. The van der Waals surface area contributed by atoms with Gasteiger partial charge in [0, 0.05) is 38.3 Å². The molecule has 2 amide bonds. The number of nitrogens with one attached hydrogen (secondary N) is 4. The topological polar surface area (TPSA) is 216 Å². The van der Waals surface area contributed by atoms with E-state index in [1.165, 1.54) is 11.1 Å². The molecule has 16 heteroatoms. The van der Waals surface area contributed by atoms with Gasteiger partial charge in [-0.15, -0.1) is 0 Å². The number of hydrogen-bond acceptors (Lipinski definition) is 12. The zero-order valence-corrected chi connectivity index (χ0v) is 42.7. The van der Waals surface area contributed by atoms with E-state index in [4.69, 9.17) is 9.47 Å². The number of benzene rings is 2. The largest absolute Gasteiger partial charge is 0.480 e. The minimum Gasteiger partial charge on any atom is -0.480 e. The average Bonchev–Trinajstić information content (AvgIpc) is 3.96. The molecule has 70 heavy (non-hydrogen) atoms. The van der Waals surface area contributed by atoms with Gasteiger partial charge in [0.25, 0.3) is 0 Å². The summed E-state index contributed by atoms with van der Waals surface area (Å²) in [6, 6.07) is 17.1. The molecular formula is C54H84N6O10. The summed E-state index contributed by atoms with van der Waals surface area (Å²) >= 11 is 0. The Morgan fingerprint density at radius 3 is 1.26 bits per heavy atom. The van der Waals surface area contributed by atoms with Crippen LogP contribution in [0.3, 0.4) is 0 Å². The standard InChI is InChI=1S/2C19H32N2O5.C16H20N2/c2*1-4-8-14(19(25)26-5-2)20-12(3)17(22)21-15-10-7-6-9-13(15)11-16(21)18(23)24;1-3-7-15(8-4-1)13-17-11-12-18-14-16-9-5-2-6-10-16/h2*12-16,20H,4-11H2,1-3H3,(H,23,24);1-10,17-18H,11-14H2/t2*12-,13-,14-,15-,16-;/m00./s1. The number of carbonyl (C=O) groups is 6. The molecule has 2 aromatic rings. The van der Waals surface area contributed by atoms with E-state index in [2.05, 4.69) is 69.8 Å². The second kappa shape index (κ2) is 30.8. The number of likely N-dealkylation sites (tertiary alicyclic amines) is 2. The lowest BCUT2D eigenvalue weighted by Gasteiger charge is -2.35. The Morgan fingerprint density at radius 1 is 0.571 bits per heavy atom. The number of nitrogens with zero attached hydrogens (tertiary/aromatic N) is 2. The van der Waals surface area contributed by atoms with Gasteiger partial charge in [-0.05, 0) is 102 Å². The van der Waals surface area contributed by atoms with Crippen molar-refractivity contribution in [2.75, 3.05) is 26.3 Å². The number of carboxylic acids is 2. The Labute approximate surface area is 416 Å². The van der Waals surface area contributed by atoms with Crippen LogP contribution in [0.5, 0.6) is 0 Å². The van der Waals surface area contributed by atoms with Gasteiger partial charge in [-0.3, -0.25) is 29.8 Å². The van der Waals surface area contributed by atoms with Crippen molar-refractivity contribution in [1.82, 2.24) is 31.1 Å². The zero-order chi connectivity index (χ0) is 51.0. The van der Waals surface area contributed by atoms with Crippen molar-refractivity contribution < 1.29 is 48.5 Å². The number of hydrogen-bond donors (Lipinski definition) is 6. The van der Waals surface area contributed by atoms with E-state index in [1.807, 2.05) is 26.0 Å². The predicted octanol–water partition coefficient (Wildman–Crippen LogP) is 6.45. The van der Waals surface area contributed by atoms with Crippen molar-refractivity contribution in [1.29, 1.82) is 0 Å². The third-order valence-corrected chi connectivity index (χ3v) is 14.0. The average molecular weight is 977 g/mol. The van der Waals surface area contributed by atoms with Crippen LogP contribution >= 0.6 is 0 Å². The number of aliphatic carboxylic acids is 2. The third kappa shape index (κ3) is 17.4. The first kappa shape index (κ1) is 57.7. The van der Waals surface area contributed by atoms with E-state index in [0.717, 1.165) is 90.4 Å². The van der Waals surface area contributed by atoms with E-state index in [1.54, 1.807) is 37.5 Å². The van der Waals surface area contributed by atoms with Crippen LogP contribution in [0.15, 0.2) is 60.7 Å². The van der Waals surface area contributed by atoms with Gasteiger partial charge in [-0.2, -0.15) is 0 Å². The summed E-state index contributed by atoms with van der Waals surface area (Å²) in [5, 5.41) is 32.2. The lowest BCUT2D eigenvalue weighted by atomic mass is 9.84. The summed E-state index contributed by atoms with van der Waals surface area (Å²) in [5.41, 5.74) is 2.67. The van der Waals surface area contributed by atoms with Crippen molar-refractivity contribution in [2.24, 2.45) is 11.8 Å². The summed E-state index contributed by atoms with van der Waals surface area (Å²) < 4.78 is 10.2. The molecule has 4 aliphatic rings. The first-order chi connectivity index (χ1) is 33.8.